The van der Waals surface area contributed by atoms with Crippen LogP contribution in [0.5, 0.6) is 0 Å². The van der Waals surface area contributed by atoms with E-state index in [1.54, 1.807) is 12.5 Å². The lowest BCUT2D eigenvalue weighted by atomic mass is 10.0. The summed E-state index contributed by atoms with van der Waals surface area (Å²) in [6.45, 7) is 3.36. The monoisotopic (exact) mass is 415 g/mol. The summed E-state index contributed by atoms with van der Waals surface area (Å²) in [5, 5.41) is 6.88. The smallest absolute Gasteiger partial charge is 0.243 e. The van der Waals surface area contributed by atoms with Crippen molar-refractivity contribution in [2.24, 2.45) is 0 Å². The fourth-order valence-electron chi connectivity index (χ4n) is 3.72. The molecule has 0 aliphatic carbocycles. The second-order valence-corrected chi connectivity index (χ2v) is 7.61. The van der Waals surface area contributed by atoms with Crippen LogP contribution in [0.1, 0.15) is 31.0 Å². The van der Waals surface area contributed by atoms with Crippen LogP contribution in [-0.4, -0.2) is 32.4 Å². The van der Waals surface area contributed by atoms with E-state index >= 15 is 0 Å². The van der Waals surface area contributed by atoms with E-state index in [9.17, 15) is 9.59 Å². The summed E-state index contributed by atoms with van der Waals surface area (Å²) in [5.74, 6) is -0.455. The first-order valence-corrected chi connectivity index (χ1v) is 10.2. The number of rotatable bonds is 7. The van der Waals surface area contributed by atoms with Crippen LogP contribution in [0.15, 0.2) is 73.4 Å². The SMILES string of the molecule is CC(=O)N[C@@H](Cc1c[nH]c2ccccc12)C(=O)N[C@@H](C)c1ccc(-n2ccnc2)cc1. The second kappa shape index (κ2) is 8.87. The van der Waals surface area contributed by atoms with Crippen LogP contribution in [0.4, 0.5) is 0 Å². The quantitative estimate of drug-likeness (QED) is 0.433. The Kier molecular flexibility index (Phi) is 5.84. The van der Waals surface area contributed by atoms with Gasteiger partial charge < -0.3 is 20.2 Å². The van der Waals surface area contributed by atoms with Crippen molar-refractivity contribution in [1.29, 1.82) is 0 Å². The van der Waals surface area contributed by atoms with Gasteiger partial charge in [0.2, 0.25) is 11.8 Å². The number of fused-ring (bicyclic) bond motifs is 1. The number of carbonyl (C=O) groups is 2. The fraction of sp³-hybridized carbons (Fsp3) is 0.208. The molecule has 4 aromatic rings. The van der Waals surface area contributed by atoms with Crippen molar-refractivity contribution in [2.75, 3.05) is 0 Å². The number of nitrogens with zero attached hydrogens (tertiary/aromatic N) is 2. The van der Waals surface area contributed by atoms with Crippen LogP contribution in [-0.2, 0) is 16.0 Å². The summed E-state index contributed by atoms with van der Waals surface area (Å²) < 4.78 is 1.92. The maximum absolute atomic E-state index is 13.0. The molecule has 31 heavy (non-hydrogen) atoms. The van der Waals surface area contributed by atoms with Crippen molar-refractivity contribution in [3.63, 3.8) is 0 Å². The van der Waals surface area contributed by atoms with E-state index in [1.165, 1.54) is 6.92 Å². The molecule has 0 spiro atoms. The number of amides is 2. The molecule has 0 aliphatic rings. The van der Waals surface area contributed by atoms with Gasteiger partial charge in [0.25, 0.3) is 0 Å². The van der Waals surface area contributed by atoms with Crippen LogP contribution < -0.4 is 10.6 Å². The summed E-state index contributed by atoms with van der Waals surface area (Å²) >= 11 is 0. The molecule has 7 nitrogen and oxygen atoms in total. The van der Waals surface area contributed by atoms with Crippen LogP contribution in [0, 0.1) is 0 Å². The van der Waals surface area contributed by atoms with Crippen LogP contribution in [0.3, 0.4) is 0 Å². The van der Waals surface area contributed by atoms with Gasteiger partial charge in [-0.25, -0.2) is 4.98 Å². The highest BCUT2D eigenvalue weighted by Gasteiger charge is 2.23. The second-order valence-electron chi connectivity index (χ2n) is 7.61. The van der Waals surface area contributed by atoms with Crippen molar-refractivity contribution >= 4 is 22.7 Å². The minimum Gasteiger partial charge on any atom is -0.361 e. The van der Waals surface area contributed by atoms with Gasteiger partial charge in [-0.05, 0) is 36.2 Å². The maximum Gasteiger partial charge on any atom is 0.243 e. The number of nitrogens with one attached hydrogen (secondary N) is 3. The number of hydrogen-bond donors (Lipinski definition) is 3. The summed E-state index contributed by atoms with van der Waals surface area (Å²) in [6, 6.07) is 15.0. The number of para-hydroxylation sites is 1. The molecule has 158 valence electrons. The van der Waals surface area contributed by atoms with E-state index in [0.29, 0.717) is 6.42 Å². The Morgan fingerprint density at radius 2 is 1.87 bits per heavy atom. The number of carbonyl (C=O) groups excluding carboxylic acids is 2. The Hall–Kier alpha value is -3.87. The van der Waals surface area contributed by atoms with E-state index in [1.807, 2.05) is 72.4 Å². The molecule has 0 saturated carbocycles. The molecule has 0 fully saturated rings. The molecule has 2 atom stereocenters. The molecule has 0 unspecified atom stereocenters. The number of hydrogen-bond acceptors (Lipinski definition) is 3. The largest absolute Gasteiger partial charge is 0.361 e. The Morgan fingerprint density at radius 1 is 1.10 bits per heavy atom. The Bertz CT molecular complexity index is 1180. The lowest BCUT2D eigenvalue weighted by Gasteiger charge is -2.21. The van der Waals surface area contributed by atoms with E-state index in [-0.39, 0.29) is 17.9 Å². The van der Waals surface area contributed by atoms with Crippen LogP contribution >= 0.6 is 0 Å². The fourth-order valence-corrected chi connectivity index (χ4v) is 3.72. The highest BCUT2D eigenvalue weighted by Crippen LogP contribution is 2.20. The number of benzene rings is 2. The van der Waals surface area contributed by atoms with E-state index < -0.39 is 6.04 Å². The van der Waals surface area contributed by atoms with Gasteiger partial charge in [0.15, 0.2) is 0 Å². The molecule has 2 aromatic carbocycles. The molecule has 0 radical (unpaired) electrons. The lowest BCUT2D eigenvalue weighted by molar-refractivity contribution is -0.128. The van der Waals surface area contributed by atoms with Crippen molar-refractivity contribution in [1.82, 2.24) is 25.2 Å². The van der Waals surface area contributed by atoms with Gasteiger partial charge in [0.1, 0.15) is 6.04 Å². The van der Waals surface area contributed by atoms with Crippen molar-refractivity contribution in [3.05, 3.63) is 84.6 Å². The molecule has 2 amide bonds. The third-order valence-corrected chi connectivity index (χ3v) is 5.35. The highest BCUT2D eigenvalue weighted by atomic mass is 16.2. The maximum atomic E-state index is 13.0. The van der Waals surface area contributed by atoms with E-state index in [4.69, 9.17) is 0 Å². The number of aromatic amines is 1. The van der Waals surface area contributed by atoms with Gasteiger partial charge >= 0.3 is 0 Å². The lowest BCUT2D eigenvalue weighted by Crippen LogP contribution is -2.47. The van der Waals surface area contributed by atoms with Gasteiger partial charge in [-0.2, -0.15) is 0 Å². The molecular weight excluding hydrogens is 390 g/mol. The highest BCUT2D eigenvalue weighted by molar-refractivity contribution is 5.89. The standard InChI is InChI=1S/C24H25N5O2/c1-16(18-7-9-20(10-8-18)29-12-11-25-15-29)27-24(31)23(28-17(2)30)13-19-14-26-22-6-4-3-5-21(19)22/h3-12,14-16,23,26H,13H2,1-2H3,(H,27,31)(H,28,30)/t16-,23-/m0/s1. The Balaban J connectivity index is 1.47. The molecule has 4 rings (SSSR count). The molecular formula is C24H25N5O2. The summed E-state index contributed by atoms with van der Waals surface area (Å²) in [4.78, 5) is 32.1. The molecule has 3 N–H and O–H groups in total. The summed E-state index contributed by atoms with van der Waals surface area (Å²) in [7, 11) is 0. The van der Waals surface area contributed by atoms with E-state index in [0.717, 1.165) is 27.7 Å². The first kappa shape index (κ1) is 20.4. The Morgan fingerprint density at radius 3 is 2.58 bits per heavy atom. The van der Waals surface area contributed by atoms with Crippen LogP contribution in [0.2, 0.25) is 0 Å². The van der Waals surface area contributed by atoms with Crippen molar-refractivity contribution in [2.45, 2.75) is 32.4 Å². The zero-order valence-corrected chi connectivity index (χ0v) is 17.5. The molecule has 2 aromatic heterocycles. The third kappa shape index (κ3) is 4.66. The minimum atomic E-state index is -0.663. The van der Waals surface area contributed by atoms with Crippen molar-refractivity contribution < 1.29 is 9.59 Å². The van der Waals surface area contributed by atoms with Crippen LogP contribution in [0.25, 0.3) is 16.6 Å². The molecule has 2 heterocycles. The number of imidazole rings is 1. The summed E-state index contributed by atoms with van der Waals surface area (Å²) in [5.41, 5.74) is 3.97. The van der Waals surface area contributed by atoms with Gasteiger partial charge in [0.05, 0.1) is 12.4 Å². The topological polar surface area (TPSA) is 91.8 Å². The molecule has 0 saturated heterocycles. The van der Waals surface area contributed by atoms with Crippen molar-refractivity contribution in [3.8, 4) is 5.69 Å². The number of aromatic nitrogens is 3. The van der Waals surface area contributed by atoms with Gasteiger partial charge in [0, 0.05) is 48.5 Å². The zero-order chi connectivity index (χ0) is 21.8. The van der Waals surface area contributed by atoms with Gasteiger partial charge in [-0.3, -0.25) is 9.59 Å². The molecule has 7 heteroatoms. The summed E-state index contributed by atoms with van der Waals surface area (Å²) in [6.07, 6.45) is 7.64. The first-order valence-electron chi connectivity index (χ1n) is 10.2. The average Bonchev–Trinajstić information content (AvgIpc) is 3.44. The normalized spacial score (nSPS) is 13.0. The molecule has 0 aliphatic heterocycles. The van der Waals surface area contributed by atoms with E-state index in [2.05, 4.69) is 20.6 Å². The number of H-pyrrole nitrogens is 1. The zero-order valence-electron chi connectivity index (χ0n) is 17.5. The van der Waals surface area contributed by atoms with Gasteiger partial charge in [-0.15, -0.1) is 0 Å². The van der Waals surface area contributed by atoms with Gasteiger partial charge in [-0.1, -0.05) is 30.3 Å². The first-order chi connectivity index (χ1) is 15.0. The Labute approximate surface area is 180 Å². The predicted molar refractivity (Wildman–Crippen MR) is 120 cm³/mol. The third-order valence-electron chi connectivity index (χ3n) is 5.35. The average molecular weight is 415 g/mol. The predicted octanol–water partition coefficient (Wildman–Crippen LogP) is 3.28. The molecule has 0 bridgehead atoms. The minimum absolute atomic E-state index is 0.205.